The lowest BCUT2D eigenvalue weighted by Gasteiger charge is -2.42. The van der Waals surface area contributed by atoms with Crippen LogP contribution >= 0.6 is 12.2 Å². The number of aromatic hydroxyl groups is 2. The Morgan fingerprint density at radius 1 is 0.611 bits per heavy atom. The van der Waals surface area contributed by atoms with Crippen LogP contribution in [0.15, 0.2) is 24.3 Å². The Bertz CT molecular complexity index is 1120. The molecule has 0 saturated carbocycles. The third kappa shape index (κ3) is 5.25. The Hall–Kier alpha value is -2.20. The molecular formula is C32H44O3S. The highest BCUT2D eigenvalue weighted by Crippen LogP contribution is 2.48. The molecule has 2 aromatic rings. The van der Waals surface area contributed by atoms with Crippen molar-refractivity contribution in [3.63, 3.8) is 0 Å². The number of rotatable bonds is 2. The van der Waals surface area contributed by atoms with Crippen LogP contribution in [0.4, 0.5) is 0 Å². The van der Waals surface area contributed by atoms with Crippen molar-refractivity contribution in [2.45, 2.75) is 117 Å². The SMILES string of the molecule is CC(=O)c1cc2c(cc1O)C(C)(C)CCC2(C)C.CC(=S)c1cc2c(cc1O)C(C)(C)CCC2(C)C. The van der Waals surface area contributed by atoms with E-state index in [4.69, 9.17) is 12.2 Å². The molecule has 0 saturated heterocycles. The molecular weight excluding hydrogens is 464 g/mol. The van der Waals surface area contributed by atoms with E-state index in [1.807, 2.05) is 19.1 Å². The van der Waals surface area contributed by atoms with Gasteiger partial charge in [0, 0.05) is 10.4 Å². The number of Topliss-reactive ketones (excluding diaryl/α,β-unsaturated/α-hetero) is 1. The van der Waals surface area contributed by atoms with Crippen LogP contribution < -0.4 is 0 Å². The quantitative estimate of drug-likeness (QED) is 0.316. The van der Waals surface area contributed by atoms with Crippen LogP contribution in [0.1, 0.15) is 133 Å². The number of carbonyl (C=O) groups is 1. The number of fused-ring (bicyclic) bond motifs is 2. The molecule has 0 aromatic heterocycles. The van der Waals surface area contributed by atoms with Gasteiger partial charge in [0.2, 0.25) is 0 Å². The van der Waals surface area contributed by atoms with E-state index in [0.29, 0.717) is 11.3 Å². The van der Waals surface area contributed by atoms with Crippen LogP contribution in [-0.4, -0.2) is 20.9 Å². The molecule has 2 N–H and O–H groups in total. The maximum atomic E-state index is 11.6. The Morgan fingerprint density at radius 2 is 0.889 bits per heavy atom. The molecule has 36 heavy (non-hydrogen) atoms. The van der Waals surface area contributed by atoms with Crippen molar-refractivity contribution in [1.29, 1.82) is 0 Å². The molecule has 0 amide bonds. The van der Waals surface area contributed by atoms with Gasteiger partial charge in [0.25, 0.3) is 0 Å². The van der Waals surface area contributed by atoms with Gasteiger partial charge in [0.05, 0.1) is 5.56 Å². The first-order chi connectivity index (χ1) is 16.3. The summed E-state index contributed by atoms with van der Waals surface area (Å²) >= 11 is 5.23. The lowest BCUT2D eigenvalue weighted by Crippen LogP contribution is -2.34. The van der Waals surface area contributed by atoms with E-state index in [1.54, 1.807) is 6.07 Å². The third-order valence-corrected chi connectivity index (χ3v) is 8.92. The highest BCUT2D eigenvalue weighted by atomic mass is 32.1. The van der Waals surface area contributed by atoms with Crippen LogP contribution in [0.5, 0.6) is 11.5 Å². The second kappa shape index (κ2) is 9.28. The van der Waals surface area contributed by atoms with Crippen molar-refractivity contribution >= 4 is 22.9 Å². The molecule has 0 heterocycles. The summed E-state index contributed by atoms with van der Waals surface area (Å²) in [4.78, 5) is 12.3. The number of hydrogen-bond acceptors (Lipinski definition) is 4. The summed E-state index contributed by atoms with van der Waals surface area (Å²) in [7, 11) is 0. The number of carbonyl (C=O) groups excluding carboxylic acids is 1. The second-order valence-electron chi connectivity index (χ2n) is 13.5. The fraction of sp³-hybridized carbons (Fsp3) is 0.562. The van der Waals surface area contributed by atoms with E-state index < -0.39 is 0 Å². The lowest BCUT2D eigenvalue weighted by molar-refractivity contribution is 0.101. The number of phenolic OH excluding ortho intramolecular Hbond substituents is 2. The monoisotopic (exact) mass is 508 g/mol. The average Bonchev–Trinajstić information content (AvgIpc) is 2.74. The van der Waals surface area contributed by atoms with E-state index in [2.05, 4.69) is 61.5 Å². The average molecular weight is 509 g/mol. The number of ketones is 1. The maximum Gasteiger partial charge on any atom is 0.163 e. The molecule has 0 unspecified atom stereocenters. The summed E-state index contributed by atoms with van der Waals surface area (Å²) < 4.78 is 0. The van der Waals surface area contributed by atoms with Gasteiger partial charge in [0.15, 0.2) is 5.78 Å². The fourth-order valence-corrected chi connectivity index (χ4v) is 5.93. The van der Waals surface area contributed by atoms with E-state index in [0.717, 1.165) is 29.7 Å². The van der Waals surface area contributed by atoms with Gasteiger partial charge in [0.1, 0.15) is 11.5 Å². The zero-order valence-corrected chi connectivity index (χ0v) is 24.7. The van der Waals surface area contributed by atoms with Crippen LogP contribution in [0.2, 0.25) is 0 Å². The summed E-state index contributed by atoms with van der Waals surface area (Å²) in [6.07, 6.45) is 4.54. The van der Waals surface area contributed by atoms with Crippen LogP contribution in [0, 0.1) is 0 Å². The Labute approximate surface area is 223 Å². The highest BCUT2D eigenvalue weighted by molar-refractivity contribution is 7.80. The van der Waals surface area contributed by atoms with Crippen molar-refractivity contribution in [3.8, 4) is 11.5 Å². The fourth-order valence-electron chi connectivity index (χ4n) is 5.77. The van der Waals surface area contributed by atoms with Crippen LogP contribution in [0.25, 0.3) is 0 Å². The summed E-state index contributed by atoms with van der Waals surface area (Å²) in [6, 6.07) is 7.73. The molecule has 2 aliphatic carbocycles. The molecule has 0 radical (unpaired) electrons. The Balaban J connectivity index is 0.000000201. The minimum absolute atomic E-state index is 0.0671. The number of hydrogen-bond donors (Lipinski definition) is 2. The van der Waals surface area contributed by atoms with Crippen molar-refractivity contribution in [1.82, 2.24) is 0 Å². The van der Waals surface area contributed by atoms with Gasteiger partial charge in [-0.2, -0.15) is 0 Å². The zero-order chi connectivity index (χ0) is 27.4. The molecule has 3 nitrogen and oxygen atoms in total. The first-order valence-corrected chi connectivity index (χ1v) is 13.5. The minimum atomic E-state index is -0.0746. The minimum Gasteiger partial charge on any atom is -0.507 e. The highest BCUT2D eigenvalue weighted by Gasteiger charge is 2.39. The molecule has 196 valence electrons. The van der Waals surface area contributed by atoms with Crippen LogP contribution in [0.3, 0.4) is 0 Å². The predicted octanol–water partition coefficient (Wildman–Crippen LogP) is 8.42. The number of thiocarbonyl (C=S) groups is 1. The number of phenols is 2. The predicted molar refractivity (Wildman–Crippen MR) is 154 cm³/mol. The third-order valence-electron chi connectivity index (χ3n) is 8.70. The van der Waals surface area contributed by atoms with Crippen molar-refractivity contribution < 1.29 is 15.0 Å². The summed E-state index contributed by atoms with van der Waals surface area (Å²) in [5.74, 6) is 0.369. The lowest BCUT2D eigenvalue weighted by atomic mass is 9.63. The van der Waals surface area contributed by atoms with Crippen molar-refractivity contribution in [2.24, 2.45) is 0 Å². The normalized spacial score (nSPS) is 20.3. The Kier molecular flexibility index (Phi) is 7.31. The first-order valence-electron chi connectivity index (χ1n) is 13.1. The smallest absolute Gasteiger partial charge is 0.163 e. The Morgan fingerprint density at radius 3 is 1.19 bits per heavy atom. The van der Waals surface area contributed by atoms with Gasteiger partial charge in [-0.15, -0.1) is 0 Å². The molecule has 0 bridgehead atoms. The molecule has 0 atom stereocenters. The van der Waals surface area contributed by atoms with Gasteiger partial charge in [-0.05, 0) is 108 Å². The van der Waals surface area contributed by atoms with Crippen molar-refractivity contribution in [2.75, 3.05) is 0 Å². The van der Waals surface area contributed by atoms with Gasteiger partial charge in [-0.25, -0.2) is 0 Å². The molecule has 2 aliphatic rings. The topological polar surface area (TPSA) is 57.5 Å². The van der Waals surface area contributed by atoms with Gasteiger partial charge in [-0.3, -0.25) is 4.79 Å². The largest absolute Gasteiger partial charge is 0.507 e. The van der Waals surface area contributed by atoms with E-state index >= 15 is 0 Å². The van der Waals surface area contributed by atoms with E-state index in [1.165, 1.54) is 35.6 Å². The van der Waals surface area contributed by atoms with Gasteiger partial charge in [-0.1, -0.05) is 67.6 Å². The van der Waals surface area contributed by atoms with Crippen molar-refractivity contribution in [3.05, 3.63) is 57.6 Å². The zero-order valence-electron chi connectivity index (χ0n) is 23.8. The van der Waals surface area contributed by atoms with E-state index in [9.17, 15) is 15.0 Å². The molecule has 2 aromatic carbocycles. The van der Waals surface area contributed by atoms with Gasteiger partial charge < -0.3 is 10.2 Å². The number of benzene rings is 2. The molecule has 0 spiro atoms. The standard InChI is InChI=1S/C16H22O2.C16H22OS/c1-10(17)11-8-12-13(9-14(11)18)16(4,5)7-6-15(12,2)3;1-10(18)11-8-12-13(9-14(11)17)16(4,5)7-6-15(12,2)3/h8-9,18H,6-7H2,1-5H3;8-9,17H,6-7H2,1-5H3. The summed E-state index contributed by atoms with van der Waals surface area (Å²) in [6.45, 7) is 21.3. The molecule has 4 heteroatoms. The summed E-state index contributed by atoms with van der Waals surface area (Å²) in [5.41, 5.74) is 6.71. The van der Waals surface area contributed by atoms with Gasteiger partial charge >= 0.3 is 0 Å². The second-order valence-corrected chi connectivity index (χ2v) is 14.1. The maximum absolute atomic E-state index is 11.6. The van der Waals surface area contributed by atoms with E-state index in [-0.39, 0.29) is 33.2 Å². The molecule has 0 fully saturated rings. The summed E-state index contributed by atoms with van der Waals surface area (Å²) in [5, 5.41) is 20.2. The van der Waals surface area contributed by atoms with Crippen LogP contribution in [-0.2, 0) is 21.7 Å². The molecule has 4 rings (SSSR count). The first kappa shape index (κ1) is 28.4. The molecule has 0 aliphatic heterocycles.